The Kier molecular flexibility index (Phi) is 10.2. The number of hydrogen-bond donors (Lipinski definition) is 0. The Bertz CT molecular complexity index is 1550. The SMILES string of the molecule is CC(C)(C)c1cc(CS(=O)(=O)c2cc(CBr)cc(S(=O)(=O)Cc3cc(C(C)(C)C)cc(C(C)(C)C)c3)c2)cc(C(C)(C)C)c1. The van der Waals surface area contributed by atoms with Crippen molar-refractivity contribution < 1.29 is 16.8 Å². The minimum absolute atomic E-state index is 0.0188. The second-order valence-electron chi connectivity index (χ2n) is 16.3. The topological polar surface area (TPSA) is 68.3 Å². The summed E-state index contributed by atoms with van der Waals surface area (Å²) >= 11 is 3.43. The van der Waals surface area contributed by atoms with E-state index in [0.29, 0.717) is 22.0 Å². The molecule has 0 heterocycles. The van der Waals surface area contributed by atoms with Gasteiger partial charge in [-0.15, -0.1) is 0 Å². The van der Waals surface area contributed by atoms with Gasteiger partial charge >= 0.3 is 0 Å². The zero-order chi connectivity index (χ0) is 33.7. The van der Waals surface area contributed by atoms with Gasteiger partial charge in [-0.2, -0.15) is 0 Å². The zero-order valence-electron chi connectivity index (χ0n) is 28.6. The second-order valence-corrected chi connectivity index (χ2v) is 20.8. The third-order valence-electron chi connectivity index (χ3n) is 7.98. The first-order valence-electron chi connectivity index (χ1n) is 15.2. The number of sulfone groups is 2. The fraction of sp³-hybridized carbons (Fsp3) is 0.514. The predicted molar refractivity (Wildman–Crippen MR) is 189 cm³/mol. The molecule has 0 saturated heterocycles. The molecule has 0 atom stereocenters. The minimum atomic E-state index is -3.86. The molecule has 0 aromatic heterocycles. The summed E-state index contributed by atoms with van der Waals surface area (Å²) in [6.45, 7) is 25.4. The van der Waals surface area contributed by atoms with E-state index in [1.165, 1.54) is 6.07 Å². The Morgan fingerprint density at radius 1 is 0.432 bits per heavy atom. The van der Waals surface area contributed by atoms with E-state index in [-0.39, 0.29) is 43.0 Å². The van der Waals surface area contributed by atoms with Gasteiger partial charge in [0.25, 0.3) is 0 Å². The molecule has 0 amide bonds. The fourth-order valence-electron chi connectivity index (χ4n) is 4.96. The fourth-order valence-corrected chi connectivity index (χ4v) is 8.17. The maximum Gasteiger partial charge on any atom is 0.182 e. The Labute approximate surface area is 276 Å². The summed E-state index contributed by atoms with van der Waals surface area (Å²) < 4.78 is 55.7. The van der Waals surface area contributed by atoms with Gasteiger partial charge in [0.15, 0.2) is 19.7 Å². The van der Waals surface area contributed by atoms with Gasteiger partial charge in [0.05, 0.1) is 21.3 Å². The molecule has 0 saturated carbocycles. The van der Waals surface area contributed by atoms with Gasteiger partial charge in [0.1, 0.15) is 0 Å². The zero-order valence-corrected chi connectivity index (χ0v) is 31.9. The van der Waals surface area contributed by atoms with E-state index in [4.69, 9.17) is 0 Å². The van der Waals surface area contributed by atoms with Crippen LogP contribution in [0.1, 0.15) is 122 Å². The van der Waals surface area contributed by atoms with Gasteiger partial charge in [-0.3, -0.25) is 0 Å². The molecule has 3 aromatic carbocycles. The normalized spacial score (nSPS) is 13.8. The predicted octanol–water partition coefficient (Wildman–Crippen LogP) is 9.72. The van der Waals surface area contributed by atoms with Gasteiger partial charge in [-0.25, -0.2) is 16.8 Å². The van der Waals surface area contributed by atoms with Crippen molar-refractivity contribution in [3.05, 3.63) is 93.5 Å². The third-order valence-corrected chi connectivity index (χ3v) is 12.0. The van der Waals surface area contributed by atoms with Crippen LogP contribution in [0.2, 0.25) is 0 Å². The highest BCUT2D eigenvalue weighted by atomic mass is 79.9. The Hall–Kier alpha value is -1.96. The highest BCUT2D eigenvalue weighted by Gasteiger charge is 2.27. The first kappa shape index (κ1) is 36.5. The number of alkyl halides is 1. The molecule has 44 heavy (non-hydrogen) atoms. The lowest BCUT2D eigenvalue weighted by atomic mass is 9.80. The Morgan fingerprint density at radius 2 is 0.705 bits per heavy atom. The van der Waals surface area contributed by atoms with Crippen LogP contribution in [-0.4, -0.2) is 16.8 Å². The van der Waals surface area contributed by atoms with Crippen molar-refractivity contribution in [1.29, 1.82) is 0 Å². The summed E-state index contributed by atoms with van der Waals surface area (Å²) in [6, 6.07) is 16.7. The number of halogens is 1. The van der Waals surface area contributed by atoms with Crippen molar-refractivity contribution in [1.82, 2.24) is 0 Å². The molecule has 0 N–H and O–H groups in total. The van der Waals surface area contributed by atoms with Crippen molar-refractivity contribution in [2.24, 2.45) is 0 Å². The van der Waals surface area contributed by atoms with Gasteiger partial charge in [0, 0.05) is 5.33 Å². The summed E-state index contributed by atoms with van der Waals surface area (Å²) in [7, 11) is -7.73. The van der Waals surface area contributed by atoms with Crippen molar-refractivity contribution in [3.63, 3.8) is 0 Å². The number of benzene rings is 3. The molecule has 0 spiro atoms. The third kappa shape index (κ3) is 9.07. The van der Waals surface area contributed by atoms with E-state index in [2.05, 4.69) is 111 Å². The van der Waals surface area contributed by atoms with Gasteiger partial charge < -0.3 is 0 Å². The van der Waals surface area contributed by atoms with Crippen LogP contribution >= 0.6 is 15.9 Å². The standard InChI is InChI=1S/C37H51BrO4S2/c1-34(2,3)28-13-26(14-29(19-28)35(4,5)6)23-43(39,40)32-17-25(22-38)18-33(21-32)44(41,42)24-27-15-30(36(7,8)9)20-31(16-27)37(10,11)12/h13-21H,22-24H2,1-12H3. The van der Waals surface area contributed by atoms with Crippen molar-refractivity contribution >= 4 is 35.6 Å². The molecule has 3 aromatic rings. The quantitative estimate of drug-likeness (QED) is 0.230. The number of hydrogen-bond acceptors (Lipinski definition) is 4. The van der Waals surface area contributed by atoms with Crippen LogP contribution in [0.4, 0.5) is 0 Å². The summed E-state index contributed by atoms with van der Waals surface area (Å²) in [5.74, 6) is -0.429. The summed E-state index contributed by atoms with van der Waals surface area (Å²) in [5, 5.41) is 0.334. The van der Waals surface area contributed by atoms with Crippen molar-refractivity contribution in [3.8, 4) is 0 Å². The smallest absolute Gasteiger partial charge is 0.182 e. The lowest BCUT2D eigenvalue weighted by molar-refractivity contribution is 0.566. The maximum absolute atomic E-state index is 13.9. The molecule has 0 aliphatic heterocycles. The molecular formula is C37H51BrO4S2. The monoisotopic (exact) mass is 702 g/mol. The molecule has 0 fully saturated rings. The van der Waals surface area contributed by atoms with Crippen LogP contribution in [0.25, 0.3) is 0 Å². The van der Waals surface area contributed by atoms with Crippen LogP contribution in [-0.2, 0) is 58.2 Å². The highest BCUT2D eigenvalue weighted by Crippen LogP contribution is 2.34. The van der Waals surface area contributed by atoms with Crippen molar-refractivity contribution in [2.75, 3.05) is 0 Å². The first-order valence-corrected chi connectivity index (χ1v) is 19.6. The van der Waals surface area contributed by atoms with E-state index in [1.807, 2.05) is 24.3 Å². The van der Waals surface area contributed by atoms with Crippen LogP contribution in [0.15, 0.2) is 64.4 Å². The molecule has 0 bridgehead atoms. The molecule has 0 aliphatic rings. The largest absolute Gasteiger partial charge is 0.223 e. The Balaban J connectivity index is 2.11. The van der Waals surface area contributed by atoms with Crippen LogP contribution in [0, 0.1) is 0 Å². The highest BCUT2D eigenvalue weighted by molar-refractivity contribution is 9.08. The minimum Gasteiger partial charge on any atom is -0.223 e. The average Bonchev–Trinajstić information content (AvgIpc) is 2.85. The summed E-state index contributed by atoms with van der Waals surface area (Å²) in [4.78, 5) is 0.0376. The molecule has 0 aliphatic carbocycles. The van der Waals surface area contributed by atoms with E-state index in [0.717, 1.165) is 22.3 Å². The maximum atomic E-state index is 13.9. The van der Waals surface area contributed by atoms with E-state index >= 15 is 0 Å². The molecule has 7 heteroatoms. The molecule has 0 radical (unpaired) electrons. The Morgan fingerprint density at radius 3 is 0.932 bits per heavy atom. The van der Waals surface area contributed by atoms with E-state index in [1.54, 1.807) is 12.1 Å². The van der Waals surface area contributed by atoms with E-state index < -0.39 is 19.7 Å². The molecule has 242 valence electrons. The summed E-state index contributed by atoms with van der Waals surface area (Å²) in [5.41, 5.74) is 5.64. The molecule has 4 nitrogen and oxygen atoms in total. The van der Waals surface area contributed by atoms with Gasteiger partial charge in [-0.1, -0.05) is 135 Å². The van der Waals surface area contributed by atoms with Crippen molar-refractivity contribution in [2.45, 2.75) is 131 Å². The lowest BCUT2D eigenvalue weighted by Crippen LogP contribution is -2.18. The van der Waals surface area contributed by atoms with Crippen LogP contribution in [0.5, 0.6) is 0 Å². The average molecular weight is 704 g/mol. The molecule has 3 rings (SSSR count). The lowest BCUT2D eigenvalue weighted by Gasteiger charge is -2.26. The van der Waals surface area contributed by atoms with Crippen LogP contribution in [0.3, 0.4) is 0 Å². The van der Waals surface area contributed by atoms with E-state index in [9.17, 15) is 16.8 Å². The van der Waals surface area contributed by atoms with Gasteiger partial charge in [0.2, 0.25) is 0 Å². The number of rotatable bonds is 7. The van der Waals surface area contributed by atoms with Gasteiger partial charge in [-0.05, 0) is 78.8 Å². The molecule has 0 unspecified atom stereocenters. The second kappa shape index (κ2) is 12.3. The molecular weight excluding hydrogens is 652 g/mol. The first-order chi connectivity index (χ1) is 19.7. The summed E-state index contributed by atoms with van der Waals surface area (Å²) in [6.07, 6.45) is 0. The van der Waals surface area contributed by atoms with Crippen LogP contribution < -0.4 is 0 Å².